The van der Waals surface area contributed by atoms with Gasteiger partial charge >= 0.3 is 12.1 Å². The monoisotopic (exact) mass is 457 g/mol. The Morgan fingerprint density at radius 1 is 1.16 bits per heavy atom. The molecule has 0 aliphatic carbocycles. The normalized spacial score (nSPS) is 15.7. The number of hydrogen-bond acceptors (Lipinski definition) is 3. The molecular weight excluding hydrogens is 437 g/mol. The first-order valence-electron chi connectivity index (χ1n) is 10.0. The fourth-order valence-electron chi connectivity index (χ4n) is 3.92. The van der Waals surface area contributed by atoms with Crippen LogP contribution in [0.2, 0.25) is 5.02 Å². The van der Waals surface area contributed by atoms with E-state index in [0.29, 0.717) is 36.0 Å². The third kappa shape index (κ3) is 4.11. The van der Waals surface area contributed by atoms with Gasteiger partial charge < -0.3 is 21.3 Å². The molecule has 1 fully saturated rings. The number of anilines is 1. The summed E-state index contributed by atoms with van der Waals surface area (Å²) >= 11 is 5.78. The van der Waals surface area contributed by atoms with Crippen LogP contribution in [-0.4, -0.2) is 40.0 Å². The zero-order chi connectivity index (χ0) is 22.8. The molecule has 0 spiro atoms. The minimum absolute atomic E-state index is 0.0197. The van der Waals surface area contributed by atoms with Crippen molar-refractivity contribution in [2.24, 2.45) is 5.73 Å². The Bertz CT molecular complexity index is 1210. The molecule has 1 aliphatic heterocycles. The number of hydrogen-bond donors (Lipinski definition) is 3. The van der Waals surface area contributed by atoms with Crippen LogP contribution in [0, 0.1) is 5.82 Å². The third-order valence-corrected chi connectivity index (χ3v) is 5.78. The van der Waals surface area contributed by atoms with Gasteiger partial charge in [0.15, 0.2) is 0 Å². The first kappa shape index (κ1) is 21.6. The van der Waals surface area contributed by atoms with Crippen LogP contribution in [0.3, 0.4) is 0 Å². The minimum Gasteiger partial charge on any atom is -0.351 e. The first-order chi connectivity index (χ1) is 15.4. The molecule has 0 bridgehead atoms. The second-order valence-electron chi connectivity index (χ2n) is 7.48. The number of para-hydroxylation sites is 1. The highest BCUT2D eigenvalue weighted by Crippen LogP contribution is 2.27. The largest absolute Gasteiger partial charge is 0.351 e. The van der Waals surface area contributed by atoms with Crippen LogP contribution in [-0.2, 0) is 11.3 Å². The number of primary amides is 1. The zero-order valence-electron chi connectivity index (χ0n) is 17.0. The van der Waals surface area contributed by atoms with Crippen molar-refractivity contribution in [2.45, 2.75) is 25.4 Å². The average Bonchev–Trinajstić information content (AvgIpc) is 3.40. The number of carbonyl (C=O) groups is 3. The number of nitrogens with one attached hydrogen (secondary N) is 2. The molecule has 1 saturated heterocycles. The molecule has 1 unspecified atom stereocenters. The molecule has 32 heavy (non-hydrogen) atoms. The van der Waals surface area contributed by atoms with Gasteiger partial charge in [0.2, 0.25) is 5.91 Å². The number of aromatic nitrogens is 1. The predicted octanol–water partition coefficient (Wildman–Crippen LogP) is 3.67. The molecule has 2 aromatic carbocycles. The van der Waals surface area contributed by atoms with Crippen LogP contribution in [0.25, 0.3) is 10.9 Å². The number of urea groups is 1. The van der Waals surface area contributed by atoms with Gasteiger partial charge in [-0.25, -0.2) is 14.0 Å². The number of benzene rings is 2. The summed E-state index contributed by atoms with van der Waals surface area (Å²) in [6.45, 7) is 0.354. The summed E-state index contributed by atoms with van der Waals surface area (Å²) in [6, 6.07) is 9.76. The molecular formula is C22H21ClFN5O3. The van der Waals surface area contributed by atoms with E-state index in [-0.39, 0.29) is 23.0 Å². The van der Waals surface area contributed by atoms with E-state index >= 15 is 0 Å². The fraction of sp³-hybridized carbons (Fsp3) is 0.227. The second kappa shape index (κ2) is 8.88. The number of amides is 4. The van der Waals surface area contributed by atoms with Crippen molar-refractivity contribution in [1.29, 1.82) is 0 Å². The van der Waals surface area contributed by atoms with E-state index in [4.69, 9.17) is 17.3 Å². The molecule has 0 saturated carbocycles. The van der Waals surface area contributed by atoms with Crippen molar-refractivity contribution in [1.82, 2.24) is 14.8 Å². The van der Waals surface area contributed by atoms with E-state index in [1.807, 2.05) is 0 Å². The van der Waals surface area contributed by atoms with Gasteiger partial charge in [-0.3, -0.25) is 9.36 Å². The van der Waals surface area contributed by atoms with Crippen molar-refractivity contribution >= 4 is 46.2 Å². The number of halogens is 2. The van der Waals surface area contributed by atoms with Gasteiger partial charge in [0.1, 0.15) is 11.9 Å². The molecule has 4 N–H and O–H groups in total. The van der Waals surface area contributed by atoms with Gasteiger partial charge in [-0.15, -0.1) is 0 Å². The summed E-state index contributed by atoms with van der Waals surface area (Å²) in [5.74, 6) is -0.960. The second-order valence-corrected chi connectivity index (χ2v) is 7.89. The van der Waals surface area contributed by atoms with Crippen LogP contribution in [0.4, 0.5) is 19.7 Å². The summed E-state index contributed by atoms with van der Waals surface area (Å²) in [7, 11) is 0. The number of rotatable bonds is 4. The van der Waals surface area contributed by atoms with E-state index in [0.717, 1.165) is 0 Å². The third-order valence-electron chi connectivity index (χ3n) is 5.49. The highest BCUT2D eigenvalue weighted by atomic mass is 35.5. The van der Waals surface area contributed by atoms with Gasteiger partial charge in [-0.05, 0) is 25.0 Å². The highest BCUT2D eigenvalue weighted by molar-refractivity contribution is 6.30. The number of nitrogens with zero attached hydrogens (tertiary/aromatic N) is 2. The Kier molecular flexibility index (Phi) is 6.00. The first-order valence-corrected chi connectivity index (χ1v) is 10.4. The van der Waals surface area contributed by atoms with Crippen molar-refractivity contribution in [3.63, 3.8) is 0 Å². The lowest BCUT2D eigenvalue weighted by molar-refractivity contribution is -0.124. The number of carbonyl (C=O) groups excluding carboxylic acids is 3. The Hall–Kier alpha value is -3.59. The maximum atomic E-state index is 14.1. The van der Waals surface area contributed by atoms with Gasteiger partial charge in [-0.2, -0.15) is 0 Å². The highest BCUT2D eigenvalue weighted by Gasteiger charge is 2.34. The lowest BCUT2D eigenvalue weighted by Crippen LogP contribution is -2.47. The van der Waals surface area contributed by atoms with Crippen molar-refractivity contribution in [2.75, 3.05) is 11.9 Å². The van der Waals surface area contributed by atoms with Crippen LogP contribution in [0.15, 0.2) is 48.7 Å². The Balaban J connectivity index is 1.47. The van der Waals surface area contributed by atoms with Crippen molar-refractivity contribution in [3.8, 4) is 0 Å². The molecule has 2 heterocycles. The van der Waals surface area contributed by atoms with Crippen LogP contribution < -0.4 is 16.4 Å². The molecule has 1 atom stereocenters. The van der Waals surface area contributed by atoms with Gasteiger partial charge in [0.05, 0.1) is 16.2 Å². The maximum Gasteiger partial charge on any atom is 0.323 e. The molecule has 8 nitrogen and oxygen atoms in total. The zero-order valence-corrected chi connectivity index (χ0v) is 17.7. The molecule has 4 rings (SSSR count). The lowest BCUT2D eigenvalue weighted by Gasteiger charge is -2.24. The molecule has 1 aliphatic rings. The topological polar surface area (TPSA) is 109 Å². The van der Waals surface area contributed by atoms with E-state index in [1.54, 1.807) is 30.3 Å². The molecule has 3 aromatic rings. The standard InChI is InChI=1S/C22H21ClFN5O3/c23-15-7-3-5-13(19(15)24)11-26-20(30)18-9-4-10-28(18)22(32)27-16-12-29(21(25)31)17-8-2-1-6-14(16)17/h1-3,5-8,12,18H,4,9-11H2,(H2,25,31)(H,26,30)(H,27,32). The molecule has 4 amide bonds. The number of fused-ring (bicyclic) bond motifs is 1. The molecule has 1 aromatic heterocycles. The van der Waals surface area contributed by atoms with Gasteiger partial charge in [0, 0.05) is 30.2 Å². The minimum atomic E-state index is -0.693. The fourth-order valence-corrected chi connectivity index (χ4v) is 4.11. The van der Waals surface area contributed by atoms with E-state index in [9.17, 15) is 18.8 Å². The van der Waals surface area contributed by atoms with E-state index < -0.39 is 23.9 Å². The Labute approximate surface area is 188 Å². The summed E-state index contributed by atoms with van der Waals surface area (Å²) in [4.78, 5) is 38.8. The number of nitrogens with two attached hydrogens (primary N) is 1. The SMILES string of the molecule is NC(=O)n1cc(NC(=O)N2CCCC2C(=O)NCc2cccc(Cl)c2F)c2ccccc21. The predicted molar refractivity (Wildman–Crippen MR) is 119 cm³/mol. The van der Waals surface area contributed by atoms with E-state index in [2.05, 4.69) is 10.6 Å². The summed E-state index contributed by atoms with van der Waals surface area (Å²) in [6.07, 6.45) is 2.60. The smallest absolute Gasteiger partial charge is 0.323 e. The average molecular weight is 458 g/mol. The van der Waals surface area contributed by atoms with Crippen LogP contribution in [0.5, 0.6) is 0 Å². The Morgan fingerprint density at radius 3 is 2.72 bits per heavy atom. The van der Waals surface area contributed by atoms with E-state index in [1.165, 1.54) is 27.8 Å². The number of likely N-dealkylation sites (tertiary alicyclic amines) is 1. The molecule has 0 radical (unpaired) electrons. The van der Waals surface area contributed by atoms with Gasteiger partial charge in [-0.1, -0.05) is 41.9 Å². The summed E-state index contributed by atoms with van der Waals surface area (Å²) < 4.78 is 15.3. The maximum absolute atomic E-state index is 14.1. The summed E-state index contributed by atoms with van der Waals surface area (Å²) in [5.41, 5.74) is 6.66. The quantitative estimate of drug-likeness (QED) is 0.556. The van der Waals surface area contributed by atoms with Crippen molar-refractivity contribution < 1.29 is 18.8 Å². The lowest BCUT2D eigenvalue weighted by atomic mass is 10.1. The molecule has 166 valence electrons. The Morgan fingerprint density at radius 2 is 1.94 bits per heavy atom. The van der Waals surface area contributed by atoms with Crippen LogP contribution >= 0.6 is 11.6 Å². The molecule has 10 heteroatoms. The van der Waals surface area contributed by atoms with Crippen LogP contribution in [0.1, 0.15) is 18.4 Å². The summed E-state index contributed by atoms with van der Waals surface area (Å²) in [5, 5.41) is 6.09. The van der Waals surface area contributed by atoms with Gasteiger partial charge in [0.25, 0.3) is 0 Å². The van der Waals surface area contributed by atoms with Crippen molar-refractivity contribution in [3.05, 3.63) is 65.1 Å².